The number of hydrogen-bond donors (Lipinski definition) is 1. The van der Waals surface area contributed by atoms with Gasteiger partial charge < -0.3 is 14.6 Å². The predicted molar refractivity (Wildman–Crippen MR) is 131 cm³/mol. The summed E-state index contributed by atoms with van der Waals surface area (Å²) in [5, 5.41) is 2.57. The molecule has 0 saturated heterocycles. The maximum atomic E-state index is 11.8. The summed E-state index contributed by atoms with van der Waals surface area (Å²) in [7, 11) is 3.62. The first kappa shape index (κ1) is 22.5. The van der Waals surface area contributed by atoms with Gasteiger partial charge in [0.2, 0.25) is 0 Å². The molecule has 1 amide bonds. The van der Waals surface area contributed by atoms with Gasteiger partial charge in [-0.25, -0.2) is 4.98 Å². The van der Waals surface area contributed by atoms with Gasteiger partial charge in [-0.1, -0.05) is 39.0 Å². The zero-order valence-electron chi connectivity index (χ0n) is 19.8. The number of rotatable bonds is 7. The summed E-state index contributed by atoms with van der Waals surface area (Å²) in [5.74, 6) is 2.47. The molecule has 0 aliphatic rings. The molecule has 4 rings (SSSR count). The first-order valence-corrected chi connectivity index (χ1v) is 11.3. The predicted octanol–water partition coefficient (Wildman–Crippen LogP) is 5.40. The van der Waals surface area contributed by atoms with E-state index in [2.05, 4.69) is 53.8 Å². The van der Waals surface area contributed by atoms with Crippen LogP contribution in [0.2, 0.25) is 0 Å². The molecule has 0 radical (unpaired) electrons. The summed E-state index contributed by atoms with van der Waals surface area (Å²) in [6.45, 7) is 6.70. The highest BCUT2D eigenvalue weighted by Gasteiger charge is 2.13. The minimum Gasteiger partial charge on any atom is -0.457 e. The van der Waals surface area contributed by atoms with Crippen molar-refractivity contribution >= 4 is 16.9 Å². The molecule has 0 aliphatic heterocycles. The number of carbonyl (C=O) groups is 1. The molecule has 1 N–H and O–H groups in total. The number of aryl methyl sites for hydroxylation is 2. The van der Waals surface area contributed by atoms with Gasteiger partial charge in [-0.2, -0.15) is 0 Å². The average Bonchev–Trinajstić information content (AvgIpc) is 3.12. The Morgan fingerprint density at radius 1 is 1.09 bits per heavy atom. The Hall–Kier alpha value is -3.67. The second kappa shape index (κ2) is 9.45. The first-order valence-electron chi connectivity index (χ1n) is 11.3. The highest BCUT2D eigenvalue weighted by molar-refractivity contribution is 5.92. The molecule has 0 fully saturated rings. The number of imidazole rings is 1. The molecular weight excluding hydrogens is 412 g/mol. The minimum absolute atomic E-state index is 0.252. The van der Waals surface area contributed by atoms with Gasteiger partial charge in [0.15, 0.2) is 0 Å². The maximum Gasteiger partial charge on any atom is 0.269 e. The lowest BCUT2D eigenvalue weighted by Crippen LogP contribution is -2.18. The number of aromatic nitrogens is 3. The van der Waals surface area contributed by atoms with Gasteiger partial charge in [-0.05, 0) is 47.2 Å². The number of nitrogens with one attached hydrogen (secondary N) is 1. The summed E-state index contributed by atoms with van der Waals surface area (Å²) < 4.78 is 8.12. The van der Waals surface area contributed by atoms with Crippen molar-refractivity contribution in [2.45, 2.75) is 39.5 Å². The van der Waals surface area contributed by atoms with Crippen LogP contribution in [0, 0.1) is 0 Å². The van der Waals surface area contributed by atoms with Crippen molar-refractivity contribution in [3.8, 4) is 11.5 Å². The SMILES string of the molecule is CCc1ccc(Cc2nc3cc(Oc4ccnc(C(=O)NC)c4)ccc3n2C)cc1C(C)C. The molecule has 0 spiro atoms. The van der Waals surface area contributed by atoms with Crippen molar-refractivity contribution < 1.29 is 9.53 Å². The number of pyridine rings is 1. The van der Waals surface area contributed by atoms with E-state index in [9.17, 15) is 4.79 Å². The van der Waals surface area contributed by atoms with E-state index in [1.165, 1.54) is 16.7 Å². The van der Waals surface area contributed by atoms with E-state index in [1.54, 1.807) is 25.4 Å². The first-order chi connectivity index (χ1) is 15.9. The van der Waals surface area contributed by atoms with E-state index >= 15 is 0 Å². The van der Waals surface area contributed by atoms with E-state index in [-0.39, 0.29) is 5.91 Å². The van der Waals surface area contributed by atoms with Gasteiger partial charge in [0.25, 0.3) is 5.91 Å². The second-order valence-electron chi connectivity index (χ2n) is 8.51. The molecule has 170 valence electrons. The van der Waals surface area contributed by atoms with Crippen molar-refractivity contribution in [2.24, 2.45) is 7.05 Å². The van der Waals surface area contributed by atoms with Crippen molar-refractivity contribution in [1.29, 1.82) is 0 Å². The second-order valence-corrected chi connectivity index (χ2v) is 8.51. The minimum atomic E-state index is -0.252. The van der Waals surface area contributed by atoms with Crippen LogP contribution in [0.3, 0.4) is 0 Å². The van der Waals surface area contributed by atoms with Gasteiger partial charge in [-0.3, -0.25) is 9.78 Å². The zero-order valence-corrected chi connectivity index (χ0v) is 19.8. The lowest BCUT2D eigenvalue weighted by molar-refractivity contribution is 0.0958. The van der Waals surface area contributed by atoms with Gasteiger partial charge in [0.1, 0.15) is 23.0 Å². The summed E-state index contributed by atoms with van der Waals surface area (Å²) >= 11 is 0. The topological polar surface area (TPSA) is 69.0 Å². The van der Waals surface area contributed by atoms with Crippen LogP contribution < -0.4 is 10.1 Å². The number of ether oxygens (including phenoxy) is 1. The van der Waals surface area contributed by atoms with Crippen molar-refractivity contribution in [3.63, 3.8) is 0 Å². The molecule has 33 heavy (non-hydrogen) atoms. The fourth-order valence-electron chi connectivity index (χ4n) is 4.11. The van der Waals surface area contributed by atoms with Crippen LogP contribution in [-0.2, 0) is 19.9 Å². The van der Waals surface area contributed by atoms with E-state index in [0.717, 1.165) is 29.7 Å². The van der Waals surface area contributed by atoms with E-state index in [1.807, 2.05) is 25.2 Å². The van der Waals surface area contributed by atoms with Gasteiger partial charge in [0.05, 0.1) is 11.0 Å². The molecule has 0 atom stereocenters. The fourth-order valence-corrected chi connectivity index (χ4v) is 4.11. The molecular formula is C27H30N4O2. The average molecular weight is 443 g/mol. The van der Waals surface area contributed by atoms with E-state index in [4.69, 9.17) is 9.72 Å². The summed E-state index contributed by atoms with van der Waals surface area (Å²) in [6, 6.07) is 16.0. The smallest absolute Gasteiger partial charge is 0.269 e. The van der Waals surface area contributed by atoms with Crippen molar-refractivity contribution in [3.05, 3.63) is 82.9 Å². The Kier molecular flexibility index (Phi) is 6.45. The molecule has 0 bridgehead atoms. The van der Waals surface area contributed by atoms with Crippen molar-refractivity contribution in [2.75, 3.05) is 7.05 Å². The number of fused-ring (bicyclic) bond motifs is 1. The Balaban J connectivity index is 1.60. The normalized spacial score (nSPS) is 11.2. The van der Waals surface area contributed by atoms with Crippen LogP contribution in [0.4, 0.5) is 0 Å². The molecule has 0 aliphatic carbocycles. The standard InChI is InChI=1S/C27H30N4O2/c1-6-19-8-7-18(13-22(19)17(2)3)14-26-30-23-15-20(9-10-25(23)31(26)5)33-21-11-12-29-24(16-21)27(32)28-4/h7-13,15-17H,6,14H2,1-5H3,(H,28,32). The zero-order chi connectivity index (χ0) is 23.5. The largest absolute Gasteiger partial charge is 0.457 e. The summed E-state index contributed by atoms with van der Waals surface area (Å²) in [6.07, 6.45) is 3.38. The summed E-state index contributed by atoms with van der Waals surface area (Å²) in [4.78, 5) is 20.8. The lowest BCUT2D eigenvalue weighted by Gasteiger charge is -2.13. The maximum absolute atomic E-state index is 11.8. The third-order valence-corrected chi connectivity index (χ3v) is 5.95. The number of hydrogen-bond acceptors (Lipinski definition) is 4. The number of carbonyl (C=O) groups excluding carboxylic acids is 1. The monoisotopic (exact) mass is 442 g/mol. The number of benzene rings is 2. The van der Waals surface area contributed by atoms with Crippen molar-refractivity contribution in [1.82, 2.24) is 19.9 Å². The van der Waals surface area contributed by atoms with Crippen LogP contribution in [0.15, 0.2) is 54.7 Å². The number of amides is 1. The molecule has 0 unspecified atom stereocenters. The molecule has 0 saturated carbocycles. The molecule has 2 aromatic heterocycles. The molecule has 2 heterocycles. The van der Waals surface area contributed by atoms with E-state index in [0.29, 0.717) is 23.1 Å². The number of nitrogens with zero attached hydrogens (tertiary/aromatic N) is 3. The molecule has 6 heteroatoms. The van der Waals surface area contributed by atoms with Crippen LogP contribution in [0.5, 0.6) is 11.5 Å². The quantitative estimate of drug-likeness (QED) is 0.416. The lowest BCUT2D eigenvalue weighted by atomic mass is 9.93. The highest BCUT2D eigenvalue weighted by Crippen LogP contribution is 2.28. The third kappa shape index (κ3) is 4.75. The van der Waals surface area contributed by atoms with Gasteiger partial charge >= 0.3 is 0 Å². The molecule has 2 aromatic carbocycles. The highest BCUT2D eigenvalue weighted by atomic mass is 16.5. The Morgan fingerprint density at radius 2 is 1.88 bits per heavy atom. The molecule has 6 nitrogen and oxygen atoms in total. The van der Waals surface area contributed by atoms with Crippen LogP contribution in [-0.4, -0.2) is 27.5 Å². The fraction of sp³-hybridized carbons (Fsp3) is 0.296. The Bertz CT molecular complexity index is 1310. The van der Waals surface area contributed by atoms with E-state index < -0.39 is 0 Å². The van der Waals surface area contributed by atoms with Crippen LogP contribution in [0.25, 0.3) is 11.0 Å². The Morgan fingerprint density at radius 3 is 2.61 bits per heavy atom. The summed E-state index contributed by atoms with van der Waals surface area (Å²) in [5.41, 5.74) is 6.33. The van der Waals surface area contributed by atoms with Crippen LogP contribution >= 0.6 is 0 Å². The van der Waals surface area contributed by atoms with Gasteiger partial charge in [-0.15, -0.1) is 0 Å². The van der Waals surface area contributed by atoms with Crippen LogP contribution in [0.1, 0.15) is 59.7 Å². The third-order valence-electron chi connectivity index (χ3n) is 5.95. The molecule has 4 aromatic rings. The Labute approximate surface area is 194 Å². The van der Waals surface area contributed by atoms with Gasteiger partial charge in [0, 0.05) is 38.8 Å².